The summed E-state index contributed by atoms with van der Waals surface area (Å²) in [6.45, 7) is 1.90. The number of benzene rings is 1. The van der Waals surface area contributed by atoms with Gasteiger partial charge in [0.25, 0.3) is 0 Å². The highest BCUT2D eigenvalue weighted by molar-refractivity contribution is 5.91. The molecule has 1 heterocycles. The predicted molar refractivity (Wildman–Crippen MR) is 72.3 cm³/mol. The largest absolute Gasteiger partial charge is 0.326 e. The van der Waals surface area contributed by atoms with E-state index in [1.807, 2.05) is 13.0 Å². The number of aromatic nitrogens is 1. The molecule has 0 fully saturated rings. The Hall–Kier alpha value is -2.30. The third-order valence-corrected chi connectivity index (χ3v) is 2.95. The van der Waals surface area contributed by atoms with Crippen molar-refractivity contribution < 1.29 is 13.6 Å². The lowest BCUT2D eigenvalue weighted by Crippen LogP contribution is -2.14. The molecule has 1 unspecified atom stereocenters. The first-order valence-corrected chi connectivity index (χ1v) is 6.21. The molecule has 1 aromatic heterocycles. The van der Waals surface area contributed by atoms with Crippen LogP contribution in [0.25, 0.3) is 0 Å². The van der Waals surface area contributed by atoms with E-state index in [-0.39, 0.29) is 23.9 Å². The second-order valence-corrected chi connectivity index (χ2v) is 4.57. The fourth-order valence-electron chi connectivity index (χ4n) is 1.85. The van der Waals surface area contributed by atoms with Gasteiger partial charge in [-0.2, -0.15) is 0 Å². The Morgan fingerprint density at radius 3 is 2.75 bits per heavy atom. The predicted octanol–water partition coefficient (Wildman–Crippen LogP) is 3.49. The molecule has 0 bridgehead atoms. The zero-order valence-corrected chi connectivity index (χ0v) is 10.9. The van der Waals surface area contributed by atoms with Crippen molar-refractivity contribution >= 4 is 11.6 Å². The number of halogens is 2. The van der Waals surface area contributed by atoms with Gasteiger partial charge in [-0.3, -0.25) is 9.78 Å². The quantitative estimate of drug-likeness (QED) is 0.928. The van der Waals surface area contributed by atoms with Gasteiger partial charge in [-0.15, -0.1) is 0 Å². The van der Waals surface area contributed by atoms with Crippen molar-refractivity contribution in [3.05, 3.63) is 59.9 Å². The van der Waals surface area contributed by atoms with Gasteiger partial charge in [0.15, 0.2) is 11.6 Å². The highest BCUT2D eigenvalue weighted by atomic mass is 19.2. The minimum Gasteiger partial charge on any atom is -0.326 e. The normalized spacial score (nSPS) is 11.9. The van der Waals surface area contributed by atoms with Crippen LogP contribution in [0.2, 0.25) is 0 Å². The summed E-state index contributed by atoms with van der Waals surface area (Å²) in [6.07, 6.45) is 3.61. The van der Waals surface area contributed by atoms with Crippen LogP contribution in [-0.4, -0.2) is 10.9 Å². The average Bonchev–Trinajstić information content (AvgIpc) is 2.44. The van der Waals surface area contributed by atoms with Gasteiger partial charge >= 0.3 is 0 Å². The SMILES string of the molecule is CC(CC(=O)Nc1ccc(F)c(F)c1)c1cccnc1. The number of pyridine rings is 1. The Morgan fingerprint density at radius 2 is 2.10 bits per heavy atom. The number of amides is 1. The Kier molecular flexibility index (Phi) is 4.40. The summed E-state index contributed by atoms with van der Waals surface area (Å²) in [7, 11) is 0. The molecule has 0 saturated carbocycles. The number of rotatable bonds is 4. The molecular formula is C15H14F2N2O. The van der Waals surface area contributed by atoms with Crippen LogP contribution in [0.15, 0.2) is 42.7 Å². The van der Waals surface area contributed by atoms with E-state index in [9.17, 15) is 13.6 Å². The molecule has 0 aliphatic heterocycles. The molecule has 0 aliphatic carbocycles. The molecule has 2 aromatic rings. The summed E-state index contributed by atoms with van der Waals surface area (Å²) >= 11 is 0. The second-order valence-electron chi connectivity index (χ2n) is 4.57. The van der Waals surface area contributed by atoms with E-state index >= 15 is 0 Å². The summed E-state index contributed by atoms with van der Waals surface area (Å²) in [4.78, 5) is 15.8. The van der Waals surface area contributed by atoms with E-state index in [4.69, 9.17) is 0 Å². The Balaban J connectivity index is 1.97. The maximum atomic E-state index is 13.0. The van der Waals surface area contributed by atoms with E-state index in [1.165, 1.54) is 6.07 Å². The fraction of sp³-hybridized carbons (Fsp3) is 0.200. The maximum Gasteiger partial charge on any atom is 0.224 e. The first-order chi connectivity index (χ1) is 9.56. The van der Waals surface area contributed by atoms with Gasteiger partial charge in [-0.25, -0.2) is 8.78 Å². The molecule has 3 nitrogen and oxygen atoms in total. The first-order valence-electron chi connectivity index (χ1n) is 6.21. The lowest BCUT2D eigenvalue weighted by atomic mass is 9.99. The van der Waals surface area contributed by atoms with Gasteiger partial charge in [0, 0.05) is 30.6 Å². The molecule has 0 saturated heterocycles. The maximum absolute atomic E-state index is 13.0. The van der Waals surface area contributed by atoms with E-state index in [2.05, 4.69) is 10.3 Å². The molecule has 1 aromatic carbocycles. The number of carbonyl (C=O) groups is 1. The van der Waals surface area contributed by atoms with Crippen LogP contribution in [0.3, 0.4) is 0 Å². The Labute approximate surface area is 115 Å². The van der Waals surface area contributed by atoms with Crippen molar-refractivity contribution in [2.75, 3.05) is 5.32 Å². The summed E-state index contributed by atoms with van der Waals surface area (Å²) in [5, 5.41) is 2.54. The van der Waals surface area contributed by atoms with Crippen molar-refractivity contribution in [3.8, 4) is 0 Å². The van der Waals surface area contributed by atoms with E-state index in [0.717, 1.165) is 17.7 Å². The smallest absolute Gasteiger partial charge is 0.224 e. The number of hydrogen-bond acceptors (Lipinski definition) is 2. The van der Waals surface area contributed by atoms with Gasteiger partial charge in [0.05, 0.1) is 0 Å². The van der Waals surface area contributed by atoms with Gasteiger partial charge in [-0.1, -0.05) is 13.0 Å². The van der Waals surface area contributed by atoms with E-state index in [0.29, 0.717) is 0 Å². The minimum atomic E-state index is -0.983. The van der Waals surface area contributed by atoms with Gasteiger partial charge in [0.2, 0.25) is 5.91 Å². The van der Waals surface area contributed by atoms with Crippen LogP contribution in [0.1, 0.15) is 24.8 Å². The zero-order valence-electron chi connectivity index (χ0n) is 10.9. The topological polar surface area (TPSA) is 42.0 Å². The summed E-state index contributed by atoms with van der Waals surface area (Å²) in [5.74, 6) is -2.18. The number of hydrogen-bond donors (Lipinski definition) is 1. The van der Waals surface area contributed by atoms with E-state index in [1.54, 1.807) is 18.5 Å². The Bertz CT molecular complexity index is 602. The molecule has 1 N–H and O–H groups in total. The van der Waals surface area contributed by atoms with Gasteiger partial charge in [0.1, 0.15) is 0 Å². The third kappa shape index (κ3) is 3.60. The highest BCUT2D eigenvalue weighted by Gasteiger charge is 2.12. The lowest BCUT2D eigenvalue weighted by Gasteiger charge is -2.11. The first kappa shape index (κ1) is 14.1. The van der Waals surface area contributed by atoms with Gasteiger partial charge in [-0.05, 0) is 29.7 Å². The number of nitrogens with zero attached hydrogens (tertiary/aromatic N) is 1. The standard InChI is InChI=1S/C15H14F2N2O/c1-10(11-3-2-6-18-9-11)7-15(20)19-12-4-5-13(16)14(17)8-12/h2-6,8-10H,7H2,1H3,(H,19,20). The molecule has 1 atom stereocenters. The number of nitrogens with one attached hydrogen (secondary N) is 1. The molecule has 0 radical (unpaired) electrons. The summed E-state index contributed by atoms with van der Waals surface area (Å²) < 4.78 is 25.8. The monoisotopic (exact) mass is 276 g/mol. The van der Waals surface area contributed by atoms with Crippen molar-refractivity contribution in [2.45, 2.75) is 19.3 Å². The van der Waals surface area contributed by atoms with Crippen LogP contribution < -0.4 is 5.32 Å². The third-order valence-electron chi connectivity index (χ3n) is 2.95. The summed E-state index contributed by atoms with van der Waals surface area (Å²) in [6, 6.07) is 6.96. The van der Waals surface area contributed by atoms with Crippen molar-refractivity contribution in [1.82, 2.24) is 4.98 Å². The zero-order chi connectivity index (χ0) is 14.5. The summed E-state index contributed by atoms with van der Waals surface area (Å²) in [5.41, 5.74) is 1.19. The average molecular weight is 276 g/mol. The second kappa shape index (κ2) is 6.23. The Morgan fingerprint density at radius 1 is 1.30 bits per heavy atom. The fourth-order valence-corrected chi connectivity index (χ4v) is 1.85. The lowest BCUT2D eigenvalue weighted by molar-refractivity contribution is -0.116. The van der Waals surface area contributed by atoms with Crippen molar-refractivity contribution in [3.63, 3.8) is 0 Å². The minimum absolute atomic E-state index is 0.00556. The van der Waals surface area contributed by atoms with Crippen LogP contribution in [0.4, 0.5) is 14.5 Å². The molecule has 5 heteroatoms. The van der Waals surface area contributed by atoms with Crippen molar-refractivity contribution in [1.29, 1.82) is 0 Å². The van der Waals surface area contributed by atoms with Crippen molar-refractivity contribution in [2.24, 2.45) is 0 Å². The molecule has 2 rings (SSSR count). The number of anilines is 1. The van der Waals surface area contributed by atoms with E-state index < -0.39 is 11.6 Å². The number of carbonyl (C=O) groups excluding carboxylic acids is 1. The highest BCUT2D eigenvalue weighted by Crippen LogP contribution is 2.19. The van der Waals surface area contributed by atoms with Gasteiger partial charge < -0.3 is 5.32 Å². The molecule has 0 aliphatic rings. The van der Waals surface area contributed by atoms with Crippen LogP contribution >= 0.6 is 0 Å². The van der Waals surface area contributed by atoms with Crippen LogP contribution in [-0.2, 0) is 4.79 Å². The molecule has 104 valence electrons. The molecule has 1 amide bonds. The molecule has 20 heavy (non-hydrogen) atoms. The molecule has 0 spiro atoms. The van der Waals surface area contributed by atoms with Crippen LogP contribution in [0, 0.1) is 11.6 Å². The molecular weight excluding hydrogens is 262 g/mol. The van der Waals surface area contributed by atoms with Crippen LogP contribution in [0.5, 0.6) is 0 Å².